The van der Waals surface area contributed by atoms with E-state index in [4.69, 9.17) is 0 Å². The molecule has 0 aromatic heterocycles. The summed E-state index contributed by atoms with van der Waals surface area (Å²) >= 11 is 0. The van der Waals surface area contributed by atoms with E-state index in [9.17, 15) is 0 Å². The molecule has 3 heteroatoms. The van der Waals surface area contributed by atoms with Crippen molar-refractivity contribution >= 4 is 6.21 Å². The minimum absolute atomic E-state index is 0.528. The highest BCUT2D eigenvalue weighted by molar-refractivity contribution is 5.58. The highest BCUT2D eigenvalue weighted by atomic mass is 15.2. The molecule has 3 nitrogen and oxygen atoms in total. The number of hydrogen-bond acceptors (Lipinski definition) is 3. The van der Waals surface area contributed by atoms with Crippen molar-refractivity contribution in [3.63, 3.8) is 0 Å². The summed E-state index contributed by atoms with van der Waals surface area (Å²) in [5, 5.41) is 7.26. The van der Waals surface area contributed by atoms with Crippen LogP contribution in [0.2, 0.25) is 0 Å². The van der Waals surface area contributed by atoms with Crippen molar-refractivity contribution in [3.8, 4) is 0 Å². The molecule has 0 aromatic rings. The average molecular weight is 83.1 g/mol. The van der Waals surface area contributed by atoms with Crippen LogP contribution >= 0.6 is 0 Å². The zero-order valence-corrected chi connectivity index (χ0v) is 3.33. The zero-order valence-electron chi connectivity index (χ0n) is 3.33. The molecule has 0 aliphatic carbocycles. The van der Waals surface area contributed by atoms with E-state index >= 15 is 0 Å². The van der Waals surface area contributed by atoms with Gasteiger partial charge in [0, 0.05) is 4.99 Å². The summed E-state index contributed by atoms with van der Waals surface area (Å²) in [4.78, 5) is 3.79. The molecule has 1 aliphatic heterocycles. The van der Waals surface area contributed by atoms with Gasteiger partial charge in [0.2, 0.25) is 6.21 Å². The Bertz CT molecular complexity index is 64.0. The van der Waals surface area contributed by atoms with Crippen LogP contribution in [0, 0.1) is 0 Å². The maximum atomic E-state index is 3.79. The molecule has 0 amide bonds. The molecule has 0 N–H and O–H groups in total. The van der Waals surface area contributed by atoms with Crippen LogP contribution in [-0.2, 0) is 0 Å². The standard InChI is InChI=1S/C3H5N3/c1-2-5-6-3-4-1/h1H,2-3H2/q+1. The first-order valence-electron chi connectivity index (χ1n) is 1.82. The van der Waals surface area contributed by atoms with E-state index in [-0.39, 0.29) is 0 Å². The summed E-state index contributed by atoms with van der Waals surface area (Å²) < 4.78 is 0. The monoisotopic (exact) mass is 83.0 g/mol. The number of nitrogens with zero attached hydrogens (tertiary/aromatic N) is 3. The van der Waals surface area contributed by atoms with Gasteiger partial charge in [-0.05, 0) is 0 Å². The van der Waals surface area contributed by atoms with Crippen molar-refractivity contribution in [1.82, 2.24) is 4.99 Å². The summed E-state index contributed by atoms with van der Waals surface area (Å²) in [5.74, 6) is 0. The Kier molecular flexibility index (Phi) is 0.948. The second kappa shape index (κ2) is 1.64. The Balaban J connectivity index is 2.40. The molecule has 1 heterocycles. The topological polar surface area (TPSA) is 38.8 Å². The van der Waals surface area contributed by atoms with E-state index in [0.717, 1.165) is 0 Å². The van der Waals surface area contributed by atoms with Crippen molar-refractivity contribution in [2.24, 2.45) is 10.2 Å². The van der Waals surface area contributed by atoms with E-state index < -0.39 is 0 Å². The van der Waals surface area contributed by atoms with Crippen LogP contribution in [0.15, 0.2) is 10.2 Å². The maximum absolute atomic E-state index is 3.79. The van der Waals surface area contributed by atoms with Gasteiger partial charge in [0.1, 0.15) is 6.54 Å². The first kappa shape index (κ1) is 3.46. The molecule has 1 aliphatic rings. The smallest absolute Gasteiger partial charge is 0.177 e. The first-order valence-corrected chi connectivity index (χ1v) is 1.82. The van der Waals surface area contributed by atoms with Gasteiger partial charge in [0.25, 0.3) is 0 Å². The molecule has 0 unspecified atom stereocenters. The Labute approximate surface area is 35.8 Å². The van der Waals surface area contributed by atoms with E-state index in [1.165, 1.54) is 0 Å². The van der Waals surface area contributed by atoms with E-state index in [1.54, 1.807) is 6.21 Å². The molecule has 1 radical (unpaired) electrons. The molecule has 31 valence electrons. The van der Waals surface area contributed by atoms with Gasteiger partial charge in [-0.15, -0.1) is 5.11 Å². The summed E-state index contributed by atoms with van der Waals surface area (Å²) in [6, 6.07) is 0. The minimum Gasteiger partial charge on any atom is -0.177 e. The summed E-state index contributed by atoms with van der Waals surface area (Å²) in [6.45, 7) is 1.19. The number of hydrogen-bond donors (Lipinski definition) is 0. The normalized spacial score (nSPS) is 18.7. The van der Waals surface area contributed by atoms with Crippen LogP contribution in [0.25, 0.3) is 0 Å². The number of aliphatic imine (C=N–C) groups is 1. The van der Waals surface area contributed by atoms with Gasteiger partial charge in [0.15, 0.2) is 0 Å². The van der Waals surface area contributed by atoms with Gasteiger partial charge in [-0.1, -0.05) is 0 Å². The predicted octanol–water partition coefficient (Wildman–Crippen LogP) is -0.184. The number of rotatable bonds is 0. The minimum atomic E-state index is 0.528. The summed E-state index contributed by atoms with van der Waals surface area (Å²) in [5.41, 5.74) is 0. The summed E-state index contributed by atoms with van der Waals surface area (Å²) in [6.07, 6.45) is 1.76. The van der Waals surface area contributed by atoms with Gasteiger partial charge < -0.3 is 0 Å². The van der Waals surface area contributed by atoms with Crippen LogP contribution in [0.4, 0.5) is 0 Å². The first-order chi connectivity index (χ1) is 3.00. The molecule has 6 heavy (non-hydrogen) atoms. The molecular formula is C3H5N3+. The van der Waals surface area contributed by atoms with Gasteiger partial charge in [-0.25, -0.2) is 0 Å². The molecular weight excluding hydrogens is 78.1 g/mol. The van der Waals surface area contributed by atoms with E-state index in [1.807, 2.05) is 0 Å². The average Bonchev–Trinajstić information content (AvgIpc) is 1.72. The third kappa shape index (κ3) is 0.607. The SMILES string of the molecule is C1=[N+]CN=NC1. The van der Waals surface area contributed by atoms with Crippen molar-refractivity contribution in [3.05, 3.63) is 0 Å². The Morgan fingerprint density at radius 1 is 1.50 bits per heavy atom. The molecule has 0 aromatic carbocycles. The predicted molar refractivity (Wildman–Crippen MR) is 22.8 cm³/mol. The lowest BCUT2D eigenvalue weighted by atomic mass is 10.7. The molecule has 0 atom stereocenters. The molecule has 0 saturated carbocycles. The van der Waals surface area contributed by atoms with Crippen LogP contribution in [0.3, 0.4) is 0 Å². The number of azo groups is 1. The van der Waals surface area contributed by atoms with Gasteiger partial charge >= 0.3 is 6.67 Å². The maximum Gasteiger partial charge on any atom is 0.318 e. The van der Waals surface area contributed by atoms with Gasteiger partial charge in [0.05, 0.1) is 0 Å². The quantitative estimate of drug-likeness (QED) is 0.389. The van der Waals surface area contributed by atoms with E-state index in [0.29, 0.717) is 13.2 Å². The van der Waals surface area contributed by atoms with Crippen molar-refractivity contribution in [2.75, 3.05) is 13.2 Å². The van der Waals surface area contributed by atoms with Crippen molar-refractivity contribution < 1.29 is 0 Å². The largest absolute Gasteiger partial charge is 0.318 e. The third-order valence-corrected chi connectivity index (χ3v) is 0.537. The highest BCUT2D eigenvalue weighted by Crippen LogP contribution is 1.72. The van der Waals surface area contributed by atoms with Crippen molar-refractivity contribution in [2.45, 2.75) is 0 Å². The Morgan fingerprint density at radius 3 is 2.67 bits per heavy atom. The molecule has 0 bridgehead atoms. The van der Waals surface area contributed by atoms with Gasteiger partial charge in [-0.3, -0.25) is 0 Å². The van der Waals surface area contributed by atoms with Crippen LogP contribution in [0.5, 0.6) is 0 Å². The fraction of sp³-hybridized carbons (Fsp3) is 0.667. The fourth-order valence-corrected chi connectivity index (χ4v) is 0.291. The Morgan fingerprint density at radius 2 is 2.50 bits per heavy atom. The lowest BCUT2D eigenvalue weighted by molar-refractivity contribution is 0.839. The Hall–Kier alpha value is -0.730. The molecule has 1 rings (SSSR count). The molecule has 0 fully saturated rings. The lowest BCUT2D eigenvalue weighted by Crippen LogP contribution is -1.99. The second-order valence-electron chi connectivity index (χ2n) is 0.972. The van der Waals surface area contributed by atoms with Crippen LogP contribution in [-0.4, -0.2) is 19.4 Å². The van der Waals surface area contributed by atoms with Crippen LogP contribution < -0.4 is 4.99 Å². The van der Waals surface area contributed by atoms with Crippen molar-refractivity contribution in [1.29, 1.82) is 0 Å². The van der Waals surface area contributed by atoms with E-state index in [2.05, 4.69) is 15.2 Å². The lowest BCUT2D eigenvalue weighted by Gasteiger charge is -1.75. The second-order valence-corrected chi connectivity index (χ2v) is 0.972. The fourth-order valence-electron chi connectivity index (χ4n) is 0.291. The highest BCUT2D eigenvalue weighted by Gasteiger charge is 1.92. The third-order valence-electron chi connectivity index (χ3n) is 0.537. The van der Waals surface area contributed by atoms with Gasteiger partial charge in [-0.2, -0.15) is 5.11 Å². The van der Waals surface area contributed by atoms with Crippen LogP contribution in [0.1, 0.15) is 0 Å². The summed E-state index contributed by atoms with van der Waals surface area (Å²) in [7, 11) is 0. The zero-order chi connectivity index (χ0) is 4.24. The molecule has 0 spiro atoms. The molecule has 0 saturated heterocycles.